The van der Waals surface area contributed by atoms with Crippen molar-refractivity contribution in [1.29, 1.82) is 0 Å². The number of nitrogens with zero attached hydrogens (tertiary/aromatic N) is 2. The zero-order valence-corrected chi connectivity index (χ0v) is 24.8. The smallest absolute Gasteiger partial charge is 0.264 e. The first kappa shape index (κ1) is 30.7. The minimum absolute atomic E-state index is 0.00802. The summed E-state index contributed by atoms with van der Waals surface area (Å²) in [4.78, 5) is 28.8. The van der Waals surface area contributed by atoms with Gasteiger partial charge < -0.3 is 10.2 Å². The Labute approximate surface area is 250 Å². The summed E-state index contributed by atoms with van der Waals surface area (Å²) in [5, 5.41) is 2.35. The Morgan fingerprint density at radius 1 is 0.881 bits per heavy atom. The second-order valence-corrected chi connectivity index (χ2v) is 12.0. The van der Waals surface area contributed by atoms with E-state index in [9.17, 15) is 22.4 Å². The average molecular weight is 608 g/mol. The fraction of sp³-hybridized carbons (Fsp3) is 0.188. The van der Waals surface area contributed by atoms with Crippen LogP contribution in [0.25, 0.3) is 0 Å². The molecule has 0 fully saturated rings. The highest BCUT2D eigenvalue weighted by Gasteiger charge is 2.34. The van der Waals surface area contributed by atoms with Gasteiger partial charge in [0.1, 0.15) is 18.4 Å². The Morgan fingerprint density at radius 3 is 2.14 bits per heavy atom. The molecule has 0 aliphatic heterocycles. The number of anilines is 1. The summed E-state index contributed by atoms with van der Waals surface area (Å²) in [6.07, 6.45) is 0.200. The quantitative estimate of drug-likeness (QED) is 0.248. The molecule has 218 valence electrons. The van der Waals surface area contributed by atoms with Gasteiger partial charge in [-0.05, 0) is 48.4 Å². The van der Waals surface area contributed by atoms with E-state index in [-0.39, 0.29) is 28.6 Å². The van der Waals surface area contributed by atoms with E-state index < -0.39 is 40.2 Å². The number of rotatable bonds is 11. The maximum absolute atomic E-state index is 14.2. The van der Waals surface area contributed by atoms with Crippen LogP contribution >= 0.6 is 11.6 Å². The number of hydrogen-bond donors (Lipinski definition) is 1. The van der Waals surface area contributed by atoms with E-state index in [1.54, 1.807) is 18.2 Å². The normalized spacial score (nSPS) is 11.9. The topological polar surface area (TPSA) is 86.8 Å². The zero-order valence-electron chi connectivity index (χ0n) is 23.2. The van der Waals surface area contributed by atoms with E-state index in [0.717, 1.165) is 33.1 Å². The monoisotopic (exact) mass is 607 g/mol. The van der Waals surface area contributed by atoms with Crippen LogP contribution < -0.4 is 9.62 Å². The first-order chi connectivity index (χ1) is 20.1. The molecule has 1 N–H and O–H groups in total. The molecule has 0 heterocycles. The molecule has 0 saturated carbocycles. The molecule has 1 unspecified atom stereocenters. The standard InChI is InChI=1S/C32H31ClFN3O4S/c1-23-10-9-13-25(18-23)21-36(30(32(39)35-2)19-24-11-5-3-6-12-24)31(38)22-37(26-16-17-29(34)28(33)20-26)42(40,41)27-14-7-4-8-15-27/h3-18,20,30H,19,21-22H2,1-2H3,(H,35,39). The highest BCUT2D eigenvalue weighted by Crippen LogP contribution is 2.28. The molecule has 4 aromatic carbocycles. The molecular weight excluding hydrogens is 577 g/mol. The molecule has 7 nitrogen and oxygen atoms in total. The first-order valence-electron chi connectivity index (χ1n) is 13.2. The summed E-state index contributed by atoms with van der Waals surface area (Å²) in [6, 6.07) is 26.9. The van der Waals surface area contributed by atoms with Crippen LogP contribution in [0.3, 0.4) is 0 Å². The lowest BCUT2D eigenvalue weighted by Crippen LogP contribution is -2.53. The second kappa shape index (κ2) is 13.6. The molecule has 0 saturated heterocycles. The van der Waals surface area contributed by atoms with E-state index in [1.165, 1.54) is 30.1 Å². The molecular formula is C32H31ClFN3O4S. The summed E-state index contributed by atoms with van der Waals surface area (Å²) < 4.78 is 42.7. The van der Waals surface area contributed by atoms with Crippen LogP contribution in [-0.4, -0.2) is 44.8 Å². The lowest BCUT2D eigenvalue weighted by Gasteiger charge is -2.33. The van der Waals surface area contributed by atoms with Crippen molar-refractivity contribution in [3.05, 3.63) is 131 Å². The average Bonchev–Trinajstić information content (AvgIpc) is 2.99. The van der Waals surface area contributed by atoms with Gasteiger partial charge in [0, 0.05) is 20.0 Å². The van der Waals surface area contributed by atoms with E-state index in [4.69, 9.17) is 11.6 Å². The molecule has 0 bridgehead atoms. The van der Waals surface area contributed by atoms with Crippen LogP contribution in [0.15, 0.2) is 108 Å². The van der Waals surface area contributed by atoms with Gasteiger partial charge >= 0.3 is 0 Å². The fourth-order valence-electron chi connectivity index (χ4n) is 4.62. The highest BCUT2D eigenvalue weighted by molar-refractivity contribution is 7.92. The largest absolute Gasteiger partial charge is 0.357 e. The van der Waals surface area contributed by atoms with Crippen LogP contribution in [0.2, 0.25) is 5.02 Å². The number of hydrogen-bond acceptors (Lipinski definition) is 4. The Bertz CT molecular complexity index is 1650. The van der Waals surface area contributed by atoms with Crippen LogP contribution in [0.5, 0.6) is 0 Å². The lowest BCUT2D eigenvalue weighted by atomic mass is 10.0. The van der Waals surface area contributed by atoms with E-state index >= 15 is 0 Å². The van der Waals surface area contributed by atoms with E-state index in [0.29, 0.717) is 0 Å². The summed E-state index contributed by atoms with van der Waals surface area (Å²) in [7, 11) is -2.81. The van der Waals surface area contributed by atoms with Crippen molar-refractivity contribution >= 4 is 39.1 Å². The van der Waals surface area contributed by atoms with Crippen molar-refractivity contribution in [2.45, 2.75) is 30.8 Å². The minimum Gasteiger partial charge on any atom is -0.357 e. The van der Waals surface area contributed by atoms with Gasteiger partial charge in [-0.2, -0.15) is 0 Å². The van der Waals surface area contributed by atoms with Crippen molar-refractivity contribution in [1.82, 2.24) is 10.2 Å². The number of carbonyl (C=O) groups excluding carboxylic acids is 2. The Kier molecular flexibility index (Phi) is 9.98. The van der Waals surface area contributed by atoms with Gasteiger partial charge in [-0.15, -0.1) is 0 Å². The van der Waals surface area contributed by atoms with Crippen molar-refractivity contribution in [3.8, 4) is 0 Å². The third kappa shape index (κ3) is 7.35. The molecule has 0 aliphatic carbocycles. The Balaban J connectivity index is 1.80. The van der Waals surface area contributed by atoms with Gasteiger partial charge in [-0.1, -0.05) is 90.0 Å². The number of benzene rings is 4. The molecule has 42 heavy (non-hydrogen) atoms. The highest BCUT2D eigenvalue weighted by atomic mass is 35.5. The molecule has 1 atom stereocenters. The number of sulfonamides is 1. The molecule has 4 aromatic rings. The first-order valence-corrected chi connectivity index (χ1v) is 15.1. The molecule has 0 aromatic heterocycles. The zero-order chi connectivity index (χ0) is 30.3. The van der Waals surface area contributed by atoms with Gasteiger partial charge in [0.15, 0.2) is 0 Å². The molecule has 2 amide bonds. The third-order valence-electron chi connectivity index (χ3n) is 6.75. The van der Waals surface area contributed by atoms with Crippen LogP contribution in [0, 0.1) is 12.7 Å². The van der Waals surface area contributed by atoms with Gasteiger partial charge in [0.05, 0.1) is 15.6 Å². The van der Waals surface area contributed by atoms with Crippen molar-refractivity contribution in [2.75, 3.05) is 17.9 Å². The van der Waals surface area contributed by atoms with Crippen LogP contribution in [-0.2, 0) is 32.6 Å². The second-order valence-electron chi connectivity index (χ2n) is 9.75. The Hall–Kier alpha value is -4.21. The summed E-state index contributed by atoms with van der Waals surface area (Å²) in [5.41, 5.74) is 2.57. The molecule has 0 radical (unpaired) electrons. The number of amides is 2. The van der Waals surface area contributed by atoms with Gasteiger partial charge in [0.25, 0.3) is 10.0 Å². The van der Waals surface area contributed by atoms with Gasteiger partial charge in [-0.25, -0.2) is 12.8 Å². The molecule has 0 aliphatic rings. The van der Waals surface area contributed by atoms with Crippen molar-refractivity contribution < 1.29 is 22.4 Å². The van der Waals surface area contributed by atoms with E-state index in [2.05, 4.69) is 5.32 Å². The van der Waals surface area contributed by atoms with Crippen molar-refractivity contribution in [3.63, 3.8) is 0 Å². The predicted molar refractivity (Wildman–Crippen MR) is 162 cm³/mol. The van der Waals surface area contributed by atoms with E-state index in [1.807, 2.05) is 61.5 Å². The molecule has 10 heteroatoms. The van der Waals surface area contributed by atoms with Crippen LogP contribution in [0.4, 0.5) is 10.1 Å². The van der Waals surface area contributed by atoms with Crippen LogP contribution in [0.1, 0.15) is 16.7 Å². The number of likely N-dealkylation sites (N-methyl/N-ethyl adjacent to an activating group) is 1. The summed E-state index contributed by atoms with van der Waals surface area (Å²) in [6.45, 7) is 1.31. The summed E-state index contributed by atoms with van der Waals surface area (Å²) >= 11 is 6.03. The number of aryl methyl sites for hydroxylation is 1. The SMILES string of the molecule is CNC(=O)C(Cc1ccccc1)N(Cc1cccc(C)c1)C(=O)CN(c1ccc(F)c(Cl)c1)S(=O)(=O)c1ccccc1. The Morgan fingerprint density at radius 2 is 1.52 bits per heavy atom. The van der Waals surface area contributed by atoms with Gasteiger partial charge in [-0.3, -0.25) is 13.9 Å². The number of nitrogens with one attached hydrogen (secondary N) is 1. The minimum atomic E-state index is -4.30. The maximum atomic E-state index is 14.2. The molecule has 0 spiro atoms. The van der Waals surface area contributed by atoms with Crippen molar-refractivity contribution in [2.24, 2.45) is 0 Å². The fourth-order valence-corrected chi connectivity index (χ4v) is 6.22. The maximum Gasteiger partial charge on any atom is 0.264 e. The summed E-state index contributed by atoms with van der Waals surface area (Å²) in [5.74, 6) is -1.75. The molecule has 4 rings (SSSR count). The number of halogens is 2. The lowest BCUT2D eigenvalue weighted by molar-refractivity contribution is -0.139. The predicted octanol–water partition coefficient (Wildman–Crippen LogP) is 5.37. The number of carbonyl (C=O) groups is 2. The third-order valence-corrected chi connectivity index (χ3v) is 8.83. The van der Waals surface area contributed by atoms with Gasteiger partial charge in [0.2, 0.25) is 11.8 Å².